The molecule has 0 unspecified atom stereocenters. The van der Waals surface area contributed by atoms with E-state index in [4.69, 9.17) is 4.74 Å². The van der Waals surface area contributed by atoms with Gasteiger partial charge in [-0.15, -0.1) is 0 Å². The first-order valence-electron chi connectivity index (χ1n) is 6.00. The number of rotatable bonds is 5. The highest BCUT2D eigenvalue weighted by Crippen LogP contribution is 2.23. The van der Waals surface area contributed by atoms with Crippen LogP contribution in [0.1, 0.15) is 11.1 Å². The van der Waals surface area contributed by atoms with Gasteiger partial charge in [0.1, 0.15) is 18.2 Å². The highest BCUT2D eigenvalue weighted by molar-refractivity contribution is 9.10. The third-order valence-electron chi connectivity index (χ3n) is 2.74. The number of hydrogen-bond donors (Lipinski definition) is 1. The Hall–Kier alpha value is -1.39. The van der Waals surface area contributed by atoms with Crippen LogP contribution in [0.4, 0.5) is 4.39 Å². The van der Waals surface area contributed by atoms with Crippen LogP contribution in [0.5, 0.6) is 5.75 Å². The van der Waals surface area contributed by atoms with E-state index in [1.54, 1.807) is 18.2 Å². The Morgan fingerprint density at radius 1 is 1.16 bits per heavy atom. The van der Waals surface area contributed by atoms with Crippen LogP contribution in [0.15, 0.2) is 46.9 Å². The van der Waals surface area contributed by atoms with Crippen LogP contribution >= 0.6 is 15.9 Å². The molecule has 0 fully saturated rings. The van der Waals surface area contributed by atoms with Gasteiger partial charge in [0.2, 0.25) is 0 Å². The first kappa shape index (κ1) is 14.0. The molecular formula is C15H15BrFNO. The number of ether oxygens (including phenoxy) is 1. The van der Waals surface area contributed by atoms with Gasteiger partial charge in [0, 0.05) is 16.6 Å². The van der Waals surface area contributed by atoms with Crippen LogP contribution in [-0.4, -0.2) is 7.05 Å². The largest absolute Gasteiger partial charge is 0.489 e. The maximum atomic E-state index is 13.5. The first-order valence-corrected chi connectivity index (χ1v) is 6.79. The molecule has 0 spiro atoms. The molecule has 0 saturated carbocycles. The van der Waals surface area contributed by atoms with Crippen molar-refractivity contribution < 1.29 is 9.13 Å². The molecule has 2 aromatic carbocycles. The van der Waals surface area contributed by atoms with Gasteiger partial charge in [-0.05, 0) is 36.9 Å². The lowest BCUT2D eigenvalue weighted by Crippen LogP contribution is -2.06. The minimum absolute atomic E-state index is 0.229. The molecule has 0 aliphatic heterocycles. The maximum absolute atomic E-state index is 13.5. The lowest BCUT2D eigenvalue weighted by atomic mass is 10.2. The molecule has 0 aromatic heterocycles. The Morgan fingerprint density at radius 2 is 1.95 bits per heavy atom. The molecule has 0 amide bonds. The number of nitrogens with one attached hydrogen (secondary N) is 1. The van der Waals surface area contributed by atoms with Crippen molar-refractivity contribution in [2.45, 2.75) is 13.2 Å². The summed E-state index contributed by atoms with van der Waals surface area (Å²) in [6.07, 6.45) is 0. The molecule has 0 aliphatic rings. The molecule has 2 aromatic rings. The Kier molecular flexibility index (Phi) is 4.93. The van der Waals surface area contributed by atoms with E-state index in [1.807, 2.05) is 25.2 Å². The van der Waals surface area contributed by atoms with Gasteiger partial charge in [-0.1, -0.05) is 34.1 Å². The van der Waals surface area contributed by atoms with Gasteiger partial charge in [-0.3, -0.25) is 0 Å². The molecular weight excluding hydrogens is 309 g/mol. The lowest BCUT2D eigenvalue weighted by Gasteiger charge is -2.10. The molecule has 0 heterocycles. The van der Waals surface area contributed by atoms with E-state index in [-0.39, 0.29) is 12.4 Å². The van der Waals surface area contributed by atoms with Crippen LogP contribution in [0.25, 0.3) is 0 Å². The smallest absolute Gasteiger partial charge is 0.129 e. The van der Waals surface area contributed by atoms with Crippen LogP contribution in [0.2, 0.25) is 0 Å². The number of benzene rings is 2. The predicted molar refractivity (Wildman–Crippen MR) is 77.6 cm³/mol. The summed E-state index contributed by atoms with van der Waals surface area (Å²) in [4.78, 5) is 0. The summed E-state index contributed by atoms with van der Waals surface area (Å²) >= 11 is 3.48. The average molecular weight is 324 g/mol. The molecule has 0 atom stereocenters. The summed E-state index contributed by atoms with van der Waals surface area (Å²) in [6.45, 7) is 0.977. The number of hydrogen-bond acceptors (Lipinski definition) is 2. The molecule has 0 radical (unpaired) electrons. The van der Waals surface area contributed by atoms with Crippen molar-refractivity contribution in [2.75, 3.05) is 7.05 Å². The highest BCUT2D eigenvalue weighted by atomic mass is 79.9. The molecule has 0 saturated heterocycles. The fourth-order valence-electron chi connectivity index (χ4n) is 1.74. The second-order valence-corrected chi connectivity index (χ2v) is 5.02. The van der Waals surface area contributed by atoms with Gasteiger partial charge in [0.05, 0.1) is 0 Å². The van der Waals surface area contributed by atoms with Gasteiger partial charge in [-0.25, -0.2) is 4.39 Å². The van der Waals surface area contributed by atoms with Crippen LogP contribution < -0.4 is 10.1 Å². The summed E-state index contributed by atoms with van der Waals surface area (Å²) in [5, 5.41) is 3.09. The fourth-order valence-corrected chi connectivity index (χ4v) is 2.13. The molecule has 0 bridgehead atoms. The Labute approximate surface area is 120 Å². The minimum atomic E-state index is -0.241. The highest BCUT2D eigenvalue weighted by Gasteiger charge is 2.04. The van der Waals surface area contributed by atoms with Crippen molar-refractivity contribution in [2.24, 2.45) is 0 Å². The topological polar surface area (TPSA) is 21.3 Å². The third-order valence-corrected chi connectivity index (χ3v) is 3.51. The summed E-state index contributed by atoms with van der Waals surface area (Å²) < 4.78 is 20.1. The van der Waals surface area contributed by atoms with Crippen LogP contribution in [-0.2, 0) is 13.2 Å². The van der Waals surface area contributed by atoms with Crippen molar-refractivity contribution in [1.82, 2.24) is 5.32 Å². The van der Waals surface area contributed by atoms with Gasteiger partial charge in [0.25, 0.3) is 0 Å². The summed E-state index contributed by atoms with van der Waals surface area (Å²) in [7, 11) is 1.89. The summed E-state index contributed by atoms with van der Waals surface area (Å²) in [5.74, 6) is 0.492. The number of halogens is 2. The second kappa shape index (κ2) is 6.68. The molecule has 2 nitrogen and oxygen atoms in total. The fraction of sp³-hybridized carbons (Fsp3) is 0.200. The van der Waals surface area contributed by atoms with Gasteiger partial charge < -0.3 is 10.1 Å². The van der Waals surface area contributed by atoms with Crippen molar-refractivity contribution in [3.63, 3.8) is 0 Å². The summed E-state index contributed by atoms with van der Waals surface area (Å²) in [6, 6.07) is 12.4. The Balaban J connectivity index is 2.07. The van der Waals surface area contributed by atoms with E-state index in [0.29, 0.717) is 5.56 Å². The van der Waals surface area contributed by atoms with Gasteiger partial charge in [-0.2, -0.15) is 0 Å². The standard InChI is InChI=1S/C15H15BrFNO/c1-18-9-12-8-13(6-7-14(12)16)19-10-11-4-2-3-5-15(11)17/h2-8,18H,9-10H2,1H3. The third kappa shape index (κ3) is 3.78. The zero-order valence-corrected chi connectivity index (χ0v) is 12.2. The maximum Gasteiger partial charge on any atom is 0.129 e. The van der Waals surface area contributed by atoms with Crippen molar-refractivity contribution in [3.05, 3.63) is 63.9 Å². The van der Waals surface area contributed by atoms with Crippen molar-refractivity contribution >= 4 is 15.9 Å². The summed E-state index contributed by atoms with van der Waals surface area (Å²) in [5.41, 5.74) is 1.66. The van der Waals surface area contributed by atoms with Crippen LogP contribution in [0.3, 0.4) is 0 Å². The first-order chi connectivity index (χ1) is 9.20. The molecule has 19 heavy (non-hydrogen) atoms. The van der Waals surface area contributed by atoms with Gasteiger partial charge in [0.15, 0.2) is 0 Å². The van der Waals surface area contributed by atoms with E-state index in [0.717, 1.165) is 22.3 Å². The second-order valence-electron chi connectivity index (χ2n) is 4.16. The molecule has 0 aliphatic carbocycles. The quantitative estimate of drug-likeness (QED) is 0.901. The zero-order valence-electron chi connectivity index (χ0n) is 10.6. The molecule has 4 heteroatoms. The average Bonchev–Trinajstić information content (AvgIpc) is 2.41. The van der Waals surface area contributed by atoms with E-state index >= 15 is 0 Å². The van der Waals surface area contributed by atoms with Crippen molar-refractivity contribution in [1.29, 1.82) is 0 Å². The van der Waals surface area contributed by atoms with Crippen LogP contribution in [0, 0.1) is 5.82 Å². The lowest BCUT2D eigenvalue weighted by molar-refractivity contribution is 0.299. The zero-order chi connectivity index (χ0) is 13.7. The van der Waals surface area contributed by atoms with E-state index in [9.17, 15) is 4.39 Å². The van der Waals surface area contributed by atoms with Gasteiger partial charge >= 0.3 is 0 Å². The normalized spacial score (nSPS) is 10.5. The van der Waals surface area contributed by atoms with E-state index < -0.39 is 0 Å². The Bertz CT molecular complexity index is 560. The minimum Gasteiger partial charge on any atom is -0.489 e. The molecule has 1 N–H and O–H groups in total. The van der Waals surface area contributed by atoms with E-state index in [1.165, 1.54) is 6.07 Å². The van der Waals surface area contributed by atoms with E-state index in [2.05, 4.69) is 21.2 Å². The SMILES string of the molecule is CNCc1cc(OCc2ccccc2F)ccc1Br. The van der Waals surface area contributed by atoms with Crippen molar-refractivity contribution in [3.8, 4) is 5.75 Å². The molecule has 100 valence electrons. The Morgan fingerprint density at radius 3 is 2.68 bits per heavy atom. The predicted octanol–water partition coefficient (Wildman–Crippen LogP) is 3.89. The molecule has 2 rings (SSSR count). The monoisotopic (exact) mass is 323 g/mol.